The van der Waals surface area contributed by atoms with Crippen molar-refractivity contribution in [2.75, 3.05) is 0 Å². The molecule has 0 aliphatic carbocycles. The predicted molar refractivity (Wildman–Crippen MR) is 66.3 cm³/mol. The minimum atomic E-state index is -1.93. The second-order valence-corrected chi connectivity index (χ2v) is 7.21. The highest BCUT2D eigenvalue weighted by Gasteiger charge is 2.50. The Morgan fingerprint density at radius 3 is 2.19 bits per heavy atom. The molecule has 0 aromatic carbocycles. The second kappa shape index (κ2) is 5.02. The van der Waals surface area contributed by atoms with E-state index in [1.165, 1.54) is 0 Å². The van der Waals surface area contributed by atoms with Gasteiger partial charge in [-0.25, -0.2) is 0 Å². The molecule has 1 rings (SSSR count). The molecule has 0 aliphatic heterocycles. The lowest BCUT2D eigenvalue weighted by molar-refractivity contribution is 0.480. The topological polar surface area (TPSA) is 43.6 Å². The molecule has 1 aromatic heterocycles. The zero-order valence-electron chi connectivity index (χ0n) is 8.46. The Hall–Kier alpha value is 0.520. The molecule has 9 heteroatoms. The summed E-state index contributed by atoms with van der Waals surface area (Å²) in [5, 5.41) is 10.9. The van der Waals surface area contributed by atoms with Gasteiger partial charge in [-0.3, -0.25) is 0 Å². The normalized spacial score (nSPS) is 13.5. The van der Waals surface area contributed by atoms with E-state index in [9.17, 15) is 0 Å². The van der Waals surface area contributed by atoms with Crippen LogP contribution in [0.2, 0.25) is 0 Å². The Kier molecular flexibility index (Phi) is 4.58. The zero-order valence-corrected chi connectivity index (χ0v) is 12.2. The molecule has 0 unspecified atom stereocenters. The van der Waals surface area contributed by atoms with Gasteiger partial charge in [0.2, 0.25) is 3.79 Å². The van der Waals surface area contributed by atoms with E-state index in [0.717, 1.165) is 4.68 Å². The van der Waals surface area contributed by atoms with Crippen LogP contribution in [0.25, 0.3) is 0 Å². The summed E-state index contributed by atoms with van der Waals surface area (Å²) in [4.78, 5) is 0. The first-order valence-electron chi connectivity index (χ1n) is 4.38. The van der Waals surface area contributed by atoms with Gasteiger partial charge in [-0.2, -0.15) is 4.68 Å². The molecule has 16 heavy (non-hydrogen) atoms. The van der Waals surface area contributed by atoms with Crippen molar-refractivity contribution in [2.24, 2.45) is 5.92 Å². The summed E-state index contributed by atoms with van der Waals surface area (Å²) in [6.07, 6.45) is 0.578. The van der Waals surface area contributed by atoms with E-state index < -0.39 is 8.25 Å². The first-order valence-corrected chi connectivity index (χ1v) is 6.27. The predicted octanol–water partition coefficient (Wildman–Crippen LogP) is 3.33. The molecule has 0 aliphatic rings. The molecule has 1 heterocycles. The van der Waals surface area contributed by atoms with Gasteiger partial charge in [-0.05, 0) is 16.3 Å². The summed E-state index contributed by atoms with van der Waals surface area (Å²) in [6.45, 7) is 4.00. The Morgan fingerprint density at radius 1 is 1.19 bits per heavy atom. The van der Waals surface area contributed by atoms with E-state index in [1.54, 1.807) is 0 Å². The van der Waals surface area contributed by atoms with Crippen molar-refractivity contribution in [1.82, 2.24) is 20.2 Å². The van der Waals surface area contributed by atoms with Gasteiger partial charge in [0, 0.05) is 6.42 Å². The fraction of sp³-hybridized carbons (Fsp3) is 0.857. The fourth-order valence-electron chi connectivity index (χ4n) is 1.04. The SMILES string of the molecule is CC(C)Cc1nnnn1C(Cl)(Cl)C(Cl)(Cl)Cl. The van der Waals surface area contributed by atoms with E-state index in [1.807, 2.05) is 13.8 Å². The molecule has 0 fully saturated rings. The fourth-order valence-corrected chi connectivity index (χ4v) is 1.54. The molecule has 0 saturated carbocycles. The number of hydrogen-bond donors (Lipinski definition) is 0. The van der Waals surface area contributed by atoms with Gasteiger partial charge in [-0.15, -0.1) is 5.10 Å². The standard InChI is InChI=1S/C7H9Cl5N4/c1-4(2)3-5-13-14-15-16(5)7(11,12)6(8,9)10/h4H,3H2,1-2H3. The molecule has 0 atom stereocenters. The maximum atomic E-state index is 5.96. The molecule has 92 valence electrons. The van der Waals surface area contributed by atoms with Crippen molar-refractivity contribution in [2.45, 2.75) is 28.5 Å². The third kappa shape index (κ3) is 3.05. The van der Waals surface area contributed by atoms with E-state index >= 15 is 0 Å². The third-order valence-corrected chi connectivity index (χ3v) is 4.02. The van der Waals surface area contributed by atoms with Crippen molar-refractivity contribution < 1.29 is 0 Å². The van der Waals surface area contributed by atoms with Gasteiger partial charge in [-0.1, -0.05) is 71.9 Å². The van der Waals surface area contributed by atoms with Crippen molar-refractivity contribution in [3.8, 4) is 0 Å². The van der Waals surface area contributed by atoms with Crippen LogP contribution in [0.1, 0.15) is 19.7 Å². The minimum Gasteiger partial charge on any atom is -0.189 e. The molecule has 0 saturated heterocycles. The van der Waals surface area contributed by atoms with E-state index in [2.05, 4.69) is 15.5 Å². The molecule has 4 nitrogen and oxygen atoms in total. The van der Waals surface area contributed by atoms with Gasteiger partial charge >= 0.3 is 0 Å². The molecular weight excluding hydrogens is 317 g/mol. The largest absolute Gasteiger partial charge is 0.259 e. The lowest BCUT2D eigenvalue weighted by atomic mass is 10.1. The molecular formula is C7H9Cl5N4. The highest BCUT2D eigenvalue weighted by molar-refractivity contribution is 6.74. The summed E-state index contributed by atoms with van der Waals surface area (Å²) in [6, 6.07) is 0. The molecule has 1 aromatic rings. The molecule has 0 N–H and O–H groups in total. The van der Waals surface area contributed by atoms with Gasteiger partial charge in [0.05, 0.1) is 0 Å². The van der Waals surface area contributed by atoms with Crippen LogP contribution in [0.15, 0.2) is 0 Å². The van der Waals surface area contributed by atoms with Gasteiger partial charge in [0.15, 0.2) is 5.82 Å². The van der Waals surface area contributed by atoms with Crippen LogP contribution >= 0.6 is 58.0 Å². The maximum Gasteiger partial charge on any atom is 0.259 e. The highest BCUT2D eigenvalue weighted by Crippen LogP contribution is 2.49. The van der Waals surface area contributed by atoms with Crippen LogP contribution in [0.3, 0.4) is 0 Å². The van der Waals surface area contributed by atoms with Crippen molar-refractivity contribution in [3.63, 3.8) is 0 Å². The average Bonchev–Trinajstić information content (AvgIpc) is 2.49. The number of alkyl halides is 5. The van der Waals surface area contributed by atoms with Crippen LogP contribution in [0.5, 0.6) is 0 Å². The molecule has 0 amide bonds. The maximum absolute atomic E-state index is 5.96. The smallest absolute Gasteiger partial charge is 0.189 e. The van der Waals surface area contributed by atoms with Crippen LogP contribution in [-0.2, 0) is 10.9 Å². The third-order valence-electron chi connectivity index (χ3n) is 1.73. The first-order chi connectivity index (χ1) is 7.16. The molecule has 0 bridgehead atoms. The number of hydrogen-bond acceptors (Lipinski definition) is 3. The van der Waals surface area contributed by atoms with Crippen molar-refractivity contribution in [3.05, 3.63) is 5.82 Å². The second-order valence-electron chi connectivity index (χ2n) is 3.64. The Labute approximate surface area is 118 Å². The highest BCUT2D eigenvalue weighted by atomic mass is 35.6. The number of halogens is 5. The summed E-state index contributed by atoms with van der Waals surface area (Å²) >= 11 is 28.9. The van der Waals surface area contributed by atoms with E-state index in [4.69, 9.17) is 58.0 Å². The minimum absolute atomic E-state index is 0.323. The summed E-state index contributed by atoms with van der Waals surface area (Å²) in [7, 11) is 0. The number of nitrogens with zero attached hydrogens (tertiary/aromatic N) is 4. The van der Waals surface area contributed by atoms with E-state index in [-0.39, 0.29) is 0 Å². The van der Waals surface area contributed by atoms with Crippen molar-refractivity contribution in [1.29, 1.82) is 0 Å². The monoisotopic (exact) mass is 324 g/mol. The number of tetrazole rings is 1. The van der Waals surface area contributed by atoms with Gasteiger partial charge in [0.25, 0.3) is 4.46 Å². The Balaban J connectivity index is 3.09. The zero-order chi connectivity index (χ0) is 12.6. The van der Waals surface area contributed by atoms with E-state index in [0.29, 0.717) is 18.2 Å². The van der Waals surface area contributed by atoms with Crippen LogP contribution in [0, 0.1) is 5.92 Å². The van der Waals surface area contributed by atoms with Gasteiger partial charge in [0.1, 0.15) is 0 Å². The number of rotatable bonds is 3. The molecule has 0 radical (unpaired) electrons. The van der Waals surface area contributed by atoms with Crippen molar-refractivity contribution >= 4 is 58.0 Å². The Bertz CT molecular complexity index is 356. The average molecular weight is 326 g/mol. The van der Waals surface area contributed by atoms with Crippen LogP contribution in [0.4, 0.5) is 0 Å². The summed E-state index contributed by atoms with van der Waals surface area (Å²) in [5.74, 6) is 0.788. The summed E-state index contributed by atoms with van der Waals surface area (Å²) < 4.78 is -2.66. The first kappa shape index (κ1) is 14.6. The van der Waals surface area contributed by atoms with Crippen LogP contribution < -0.4 is 0 Å². The lowest BCUT2D eigenvalue weighted by Crippen LogP contribution is -2.37. The summed E-state index contributed by atoms with van der Waals surface area (Å²) in [5.41, 5.74) is 0. The lowest BCUT2D eigenvalue weighted by Gasteiger charge is -2.27. The number of aromatic nitrogens is 4. The quantitative estimate of drug-likeness (QED) is 0.800. The Morgan fingerprint density at radius 2 is 1.75 bits per heavy atom. The van der Waals surface area contributed by atoms with Crippen LogP contribution in [-0.4, -0.2) is 24.0 Å². The molecule has 0 spiro atoms. The van der Waals surface area contributed by atoms with Gasteiger partial charge < -0.3 is 0 Å².